The zero-order valence-electron chi connectivity index (χ0n) is 15.7. The van der Waals surface area contributed by atoms with E-state index in [1.807, 2.05) is 11.8 Å². The van der Waals surface area contributed by atoms with Crippen molar-refractivity contribution in [3.63, 3.8) is 0 Å². The van der Waals surface area contributed by atoms with Crippen molar-refractivity contribution in [2.75, 3.05) is 32.8 Å². The van der Waals surface area contributed by atoms with E-state index in [9.17, 15) is 22.8 Å². The monoisotopic (exact) mass is 399 g/mol. The van der Waals surface area contributed by atoms with Crippen molar-refractivity contribution in [3.05, 3.63) is 29.8 Å². The molecular weight excluding hydrogens is 375 g/mol. The molecule has 0 spiro atoms. The van der Waals surface area contributed by atoms with Gasteiger partial charge in [0.15, 0.2) is 6.61 Å². The van der Waals surface area contributed by atoms with Gasteiger partial charge in [-0.3, -0.25) is 14.5 Å². The second-order valence-electron chi connectivity index (χ2n) is 7.19. The summed E-state index contributed by atoms with van der Waals surface area (Å²) in [5, 5.41) is 2.99. The summed E-state index contributed by atoms with van der Waals surface area (Å²) >= 11 is 0. The number of benzene rings is 1. The maximum absolute atomic E-state index is 12.5. The molecule has 1 saturated heterocycles. The number of nitrogens with one attached hydrogen (secondary N) is 1. The van der Waals surface area contributed by atoms with Gasteiger partial charge in [0.05, 0.1) is 11.6 Å². The molecule has 0 bridgehead atoms. The molecular formula is C19H24F3N3O3. The minimum Gasteiger partial charge on any atom is -0.484 e. The number of alkyl halides is 3. The van der Waals surface area contributed by atoms with Crippen molar-refractivity contribution in [1.29, 1.82) is 0 Å². The second kappa shape index (κ2) is 8.38. The number of nitrogens with zero attached hydrogens (tertiary/aromatic N) is 2. The molecule has 28 heavy (non-hydrogen) atoms. The van der Waals surface area contributed by atoms with Gasteiger partial charge in [0.25, 0.3) is 5.91 Å². The van der Waals surface area contributed by atoms with E-state index in [4.69, 9.17) is 4.74 Å². The Labute approximate surface area is 161 Å². The number of halogens is 3. The number of ether oxygens (including phenoxy) is 1. The third-order valence-electron chi connectivity index (χ3n) is 5.06. The lowest BCUT2D eigenvalue weighted by Gasteiger charge is -2.37. The van der Waals surface area contributed by atoms with Crippen LogP contribution in [0.4, 0.5) is 13.2 Å². The van der Waals surface area contributed by atoms with Crippen LogP contribution in [0.25, 0.3) is 0 Å². The second-order valence-corrected chi connectivity index (χ2v) is 7.19. The average Bonchev–Trinajstić information content (AvgIpc) is 3.49. The number of amides is 2. The number of carbonyl (C=O) groups is 2. The maximum atomic E-state index is 12.5. The van der Waals surface area contributed by atoms with Gasteiger partial charge in [0.2, 0.25) is 5.91 Å². The summed E-state index contributed by atoms with van der Waals surface area (Å²) in [7, 11) is 0. The lowest BCUT2D eigenvalue weighted by Crippen LogP contribution is -2.55. The highest BCUT2D eigenvalue weighted by Crippen LogP contribution is 2.30. The van der Waals surface area contributed by atoms with Gasteiger partial charge in [-0.25, -0.2) is 0 Å². The van der Waals surface area contributed by atoms with Crippen LogP contribution in [0.2, 0.25) is 0 Å². The van der Waals surface area contributed by atoms with Gasteiger partial charge in [-0.1, -0.05) is 0 Å². The van der Waals surface area contributed by atoms with E-state index in [1.165, 1.54) is 12.1 Å². The summed E-state index contributed by atoms with van der Waals surface area (Å²) < 4.78 is 43.0. The molecule has 1 heterocycles. The summed E-state index contributed by atoms with van der Waals surface area (Å²) in [5.41, 5.74) is -0.762. The van der Waals surface area contributed by atoms with Gasteiger partial charge < -0.3 is 15.0 Å². The first-order valence-electron chi connectivity index (χ1n) is 9.36. The van der Waals surface area contributed by atoms with Gasteiger partial charge in [-0.05, 0) is 44.0 Å². The van der Waals surface area contributed by atoms with Gasteiger partial charge in [-0.2, -0.15) is 13.2 Å². The molecule has 2 aliphatic rings. The molecule has 9 heteroatoms. The van der Waals surface area contributed by atoms with Crippen molar-refractivity contribution in [3.8, 4) is 5.75 Å². The largest absolute Gasteiger partial charge is 0.484 e. The van der Waals surface area contributed by atoms with E-state index in [0.717, 1.165) is 25.0 Å². The van der Waals surface area contributed by atoms with Gasteiger partial charge in [0.1, 0.15) is 5.75 Å². The highest BCUT2D eigenvalue weighted by atomic mass is 19.4. The van der Waals surface area contributed by atoms with Crippen molar-refractivity contribution in [2.24, 2.45) is 0 Å². The van der Waals surface area contributed by atoms with Crippen molar-refractivity contribution in [1.82, 2.24) is 15.1 Å². The van der Waals surface area contributed by atoms with Crippen LogP contribution in [-0.2, 0) is 15.8 Å². The van der Waals surface area contributed by atoms with E-state index in [0.29, 0.717) is 32.2 Å². The lowest BCUT2D eigenvalue weighted by molar-refractivity contribution is -0.138. The molecule has 1 aliphatic carbocycles. The maximum Gasteiger partial charge on any atom is 0.416 e. The summed E-state index contributed by atoms with van der Waals surface area (Å²) in [6.45, 7) is 3.77. The van der Waals surface area contributed by atoms with Gasteiger partial charge in [-0.15, -0.1) is 0 Å². The van der Waals surface area contributed by atoms with Crippen molar-refractivity contribution in [2.45, 2.75) is 38.0 Å². The summed E-state index contributed by atoms with van der Waals surface area (Å²) in [6, 6.07) is 4.34. The molecule has 1 aromatic carbocycles. The Hall–Kier alpha value is -2.29. The summed E-state index contributed by atoms with van der Waals surface area (Å²) in [5.74, 6) is 0.00732. The first-order valence-corrected chi connectivity index (χ1v) is 9.36. The fraction of sp³-hybridized carbons (Fsp3) is 0.579. The zero-order chi connectivity index (χ0) is 20.3. The van der Waals surface area contributed by atoms with Crippen LogP contribution in [0, 0.1) is 0 Å². The molecule has 0 radical (unpaired) electrons. The smallest absolute Gasteiger partial charge is 0.416 e. The first kappa shape index (κ1) is 20.4. The third-order valence-corrected chi connectivity index (χ3v) is 5.06. The van der Waals surface area contributed by atoms with Crippen LogP contribution < -0.4 is 10.1 Å². The van der Waals surface area contributed by atoms with Crippen LogP contribution in [0.5, 0.6) is 5.75 Å². The molecule has 2 fully saturated rings. The zero-order valence-corrected chi connectivity index (χ0v) is 15.7. The molecule has 1 saturated carbocycles. The van der Waals surface area contributed by atoms with E-state index in [-0.39, 0.29) is 30.2 Å². The SMILES string of the molecule is CC(C(=O)NC1CC1)N1CCN(C(=O)COc2ccc(C(F)(F)F)cc2)CC1. The van der Waals surface area contributed by atoms with E-state index >= 15 is 0 Å². The number of rotatable bonds is 6. The van der Waals surface area contributed by atoms with Crippen LogP contribution in [0.3, 0.4) is 0 Å². The number of piperazine rings is 1. The predicted octanol–water partition coefficient (Wildman–Crippen LogP) is 1.90. The molecule has 1 unspecified atom stereocenters. The highest BCUT2D eigenvalue weighted by Gasteiger charge is 2.31. The van der Waals surface area contributed by atoms with Crippen LogP contribution >= 0.6 is 0 Å². The quantitative estimate of drug-likeness (QED) is 0.794. The fourth-order valence-corrected chi connectivity index (χ4v) is 3.05. The average molecular weight is 399 g/mol. The Bertz CT molecular complexity index is 697. The Kier molecular flexibility index (Phi) is 6.12. The standard InChI is InChI=1S/C19H24F3N3O3/c1-13(18(27)23-15-4-5-15)24-8-10-25(11-9-24)17(26)12-28-16-6-2-14(3-7-16)19(20,21)22/h2-3,6-7,13,15H,4-5,8-12H2,1H3,(H,23,27). The molecule has 1 N–H and O–H groups in total. The van der Waals surface area contributed by atoms with E-state index < -0.39 is 11.7 Å². The molecule has 3 rings (SSSR count). The lowest BCUT2D eigenvalue weighted by atomic mass is 10.2. The summed E-state index contributed by atoms with van der Waals surface area (Å²) in [4.78, 5) is 28.1. The van der Waals surface area contributed by atoms with E-state index in [1.54, 1.807) is 4.90 Å². The van der Waals surface area contributed by atoms with Crippen LogP contribution in [-0.4, -0.2) is 66.5 Å². The number of hydrogen-bond donors (Lipinski definition) is 1. The van der Waals surface area contributed by atoms with Crippen molar-refractivity contribution < 1.29 is 27.5 Å². The normalized spacial score (nSPS) is 19.2. The molecule has 6 nitrogen and oxygen atoms in total. The third kappa shape index (κ3) is 5.37. The Balaban J connectivity index is 1.41. The predicted molar refractivity (Wildman–Crippen MR) is 95.7 cm³/mol. The first-order chi connectivity index (χ1) is 13.2. The minimum absolute atomic E-state index is 0.0212. The Morgan fingerprint density at radius 3 is 2.29 bits per heavy atom. The summed E-state index contributed by atoms with van der Waals surface area (Å²) in [6.07, 6.45) is -2.32. The van der Waals surface area contributed by atoms with Crippen LogP contribution in [0.1, 0.15) is 25.3 Å². The highest BCUT2D eigenvalue weighted by molar-refractivity contribution is 5.82. The number of hydrogen-bond acceptors (Lipinski definition) is 4. The molecule has 1 aromatic rings. The Morgan fingerprint density at radius 2 is 1.75 bits per heavy atom. The molecule has 1 atom stereocenters. The van der Waals surface area contributed by atoms with Gasteiger partial charge in [0, 0.05) is 32.2 Å². The van der Waals surface area contributed by atoms with Crippen LogP contribution in [0.15, 0.2) is 24.3 Å². The molecule has 0 aromatic heterocycles. The van der Waals surface area contributed by atoms with E-state index in [2.05, 4.69) is 5.32 Å². The van der Waals surface area contributed by atoms with Gasteiger partial charge >= 0.3 is 6.18 Å². The van der Waals surface area contributed by atoms with Crippen molar-refractivity contribution >= 4 is 11.8 Å². The fourth-order valence-electron chi connectivity index (χ4n) is 3.05. The number of carbonyl (C=O) groups excluding carboxylic acids is 2. The minimum atomic E-state index is -4.40. The topological polar surface area (TPSA) is 61.9 Å². The Morgan fingerprint density at radius 1 is 1.14 bits per heavy atom. The molecule has 2 amide bonds. The molecule has 154 valence electrons. The molecule has 1 aliphatic heterocycles.